The van der Waals surface area contributed by atoms with Gasteiger partial charge in [-0.15, -0.1) is 0 Å². The normalized spacial score (nSPS) is 16.9. The molecule has 2 N–H and O–H groups in total. The maximum atomic E-state index is 13.0. The highest BCUT2D eigenvalue weighted by Gasteiger charge is 2.28. The van der Waals surface area contributed by atoms with Gasteiger partial charge in [0.1, 0.15) is 11.6 Å². The van der Waals surface area contributed by atoms with E-state index in [0.717, 1.165) is 30.8 Å². The zero-order valence-electron chi connectivity index (χ0n) is 21.3. The first-order valence-electron chi connectivity index (χ1n) is 12.5. The van der Waals surface area contributed by atoms with Crippen molar-refractivity contribution in [1.82, 2.24) is 10.3 Å². The number of ether oxygens (including phenoxy) is 2. The molecule has 3 aromatic rings. The van der Waals surface area contributed by atoms with Crippen molar-refractivity contribution in [1.29, 1.82) is 0 Å². The Bertz CT molecular complexity index is 1320. The average molecular weight is 502 g/mol. The summed E-state index contributed by atoms with van der Waals surface area (Å²) in [6.45, 7) is 3.62. The lowest BCUT2D eigenvalue weighted by atomic mass is 10.1. The summed E-state index contributed by atoms with van der Waals surface area (Å²) < 4.78 is 11.3. The summed E-state index contributed by atoms with van der Waals surface area (Å²) in [7, 11) is 3.69. The molecule has 0 aliphatic carbocycles. The van der Waals surface area contributed by atoms with E-state index in [1.54, 1.807) is 30.3 Å². The van der Waals surface area contributed by atoms with Crippen LogP contribution in [0.15, 0.2) is 54.7 Å². The standard InChI is InChI=1S/C28H31N5O4/c1-4-37-25-14-18(27(34)30-19-8-7-13-36-17-19)11-12-21(25)31-26-15-23-24(16-29-26)33(3)28(35)20-9-5-6-10-22(20)32(23)2/h5-6,9-12,14-16,19H,4,7-8,13,17H2,1-3H3,(H,29,31)(H,30,34)/t19-/m0/s1. The summed E-state index contributed by atoms with van der Waals surface area (Å²) in [5, 5.41) is 6.37. The molecule has 192 valence electrons. The predicted octanol–water partition coefficient (Wildman–Crippen LogP) is 4.49. The number of hydrogen-bond acceptors (Lipinski definition) is 7. The van der Waals surface area contributed by atoms with E-state index in [9.17, 15) is 9.59 Å². The fourth-order valence-corrected chi connectivity index (χ4v) is 4.70. The number of anilines is 5. The lowest BCUT2D eigenvalue weighted by Crippen LogP contribution is -2.40. The van der Waals surface area contributed by atoms with Crippen LogP contribution >= 0.6 is 0 Å². The first kappa shape index (κ1) is 24.6. The van der Waals surface area contributed by atoms with Crippen molar-refractivity contribution in [2.24, 2.45) is 0 Å². The van der Waals surface area contributed by atoms with Crippen molar-refractivity contribution in [3.8, 4) is 5.75 Å². The Morgan fingerprint density at radius 2 is 1.95 bits per heavy atom. The molecule has 2 amide bonds. The molecular weight excluding hydrogens is 470 g/mol. The van der Waals surface area contributed by atoms with Crippen molar-refractivity contribution in [2.45, 2.75) is 25.8 Å². The molecule has 0 unspecified atom stereocenters. The van der Waals surface area contributed by atoms with Crippen LogP contribution < -0.4 is 25.2 Å². The van der Waals surface area contributed by atoms with Crippen LogP contribution in [0.2, 0.25) is 0 Å². The van der Waals surface area contributed by atoms with E-state index in [2.05, 4.69) is 15.6 Å². The van der Waals surface area contributed by atoms with Crippen molar-refractivity contribution in [3.05, 3.63) is 65.9 Å². The number of nitrogens with zero attached hydrogens (tertiary/aromatic N) is 3. The average Bonchev–Trinajstić information content (AvgIpc) is 3.00. The van der Waals surface area contributed by atoms with Crippen LogP contribution in [0, 0.1) is 0 Å². The summed E-state index contributed by atoms with van der Waals surface area (Å²) in [6, 6.07) is 14.8. The van der Waals surface area contributed by atoms with Gasteiger partial charge in [0, 0.05) is 32.3 Å². The lowest BCUT2D eigenvalue weighted by molar-refractivity contribution is 0.0624. The minimum atomic E-state index is -0.154. The van der Waals surface area contributed by atoms with Crippen molar-refractivity contribution in [3.63, 3.8) is 0 Å². The quantitative estimate of drug-likeness (QED) is 0.514. The summed E-state index contributed by atoms with van der Waals surface area (Å²) in [5.41, 5.74) is 4.20. The number of pyridine rings is 1. The number of fused-ring (bicyclic) bond motifs is 2. The Morgan fingerprint density at radius 3 is 2.73 bits per heavy atom. The highest BCUT2D eigenvalue weighted by molar-refractivity contribution is 6.13. The zero-order chi connectivity index (χ0) is 25.9. The third kappa shape index (κ3) is 4.95. The second-order valence-corrected chi connectivity index (χ2v) is 9.16. The van der Waals surface area contributed by atoms with Gasteiger partial charge in [0.05, 0.1) is 53.8 Å². The van der Waals surface area contributed by atoms with Crippen LogP contribution in [0.4, 0.5) is 28.6 Å². The van der Waals surface area contributed by atoms with Gasteiger partial charge in [-0.2, -0.15) is 0 Å². The van der Waals surface area contributed by atoms with E-state index in [1.165, 1.54) is 0 Å². The van der Waals surface area contributed by atoms with Gasteiger partial charge in [-0.3, -0.25) is 9.59 Å². The summed E-state index contributed by atoms with van der Waals surface area (Å²) in [4.78, 5) is 34.1. The number of carbonyl (C=O) groups excluding carboxylic acids is 2. The molecule has 2 aromatic carbocycles. The molecule has 0 bridgehead atoms. The molecule has 9 nitrogen and oxygen atoms in total. The number of nitrogens with one attached hydrogen (secondary N) is 2. The molecule has 1 saturated heterocycles. The number of hydrogen-bond donors (Lipinski definition) is 2. The van der Waals surface area contributed by atoms with E-state index in [-0.39, 0.29) is 17.9 Å². The van der Waals surface area contributed by atoms with Crippen LogP contribution in [0.5, 0.6) is 5.75 Å². The second-order valence-electron chi connectivity index (χ2n) is 9.16. The minimum Gasteiger partial charge on any atom is -0.492 e. The first-order valence-corrected chi connectivity index (χ1v) is 12.5. The summed E-state index contributed by atoms with van der Waals surface area (Å²) >= 11 is 0. The first-order chi connectivity index (χ1) is 18.0. The van der Waals surface area contributed by atoms with Crippen molar-refractivity contribution < 1.29 is 19.1 Å². The Morgan fingerprint density at radius 1 is 1.11 bits per heavy atom. The van der Waals surface area contributed by atoms with Gasteiger partial charge >= 0.3 is 0 Å². The van der Waals surface area contributed by atoms with Crippen LogP contribution in [-0.2, 0) is 4.74 Å². The van der Waals surface area contributed by atoms with Crippen molar-refractivity contribution >= 4 is 40.4 Å². The molecule has 3 heterocycles. The number of aromatic nitrogens is 1. The lowest BCUT2D eigenvalue weighted by Gasteiger charge is -2.23. The molecular formula is C28H31N5O4. The molecule has 0 radical (unpaired) electrons. The highest BCUT2D eigenvalue weighted by Crippen LogP contribution is 2.40. The van der Waals surface area contributed by atoms with E-state index in [0.29, 0.717) is 47.3 Å². The van der Waals surface area contributed by atoms with Crippen LogP contribution in [0.1, 0.15) is 40.5 Å². The van der Waals surface area contributed by atoms with Crippen LogP contribution in [-0.4, -0.2) is 56.8 Å². The van der Waals surface area contributed by atoms with Crippen molar-refractivity contribution in [2.75, 3.05) is 49.0 Å². The van der Waals surface area contributed by atoms with Gasteiger partial charge in [-0.25, -0.2) is 4.98 Å². The molecule has 37 heavy (non-hydrogen) atoms. The molecule has 0 saturated carbocycles. The molecule has 1 aromatic heterocycles. The van der Waals surface area contributed by atoms with E-state index in [1.807, 2.05) is 55.3 Å². The Hall–Kier alpha value is -4.11. The summed E-state index contributed by atoms with van der Waals surface area (Å²) in [6.07, 6.45) is 3.54. The van der Waals surface area contributed by atoms with Crippen LogP contribution in [0.3, 0.4) is 0 Å². The maximum Gasteiger partial charge on any atom is 0.260 e. The Labute approximate surface area is 216 Å². The molecule has 1 fully saturated rings. The molecule has 2 aliphatic heterocycles. The molecule has 2 aliphatic rings. The zero-order valence-corrected chi connectivity index (χ0v) is 21.3. The van der Waals surface area contributed by atoms with E-state index >= 15 is 0 Å². The monoisotopic (exact) mass is 501 g/mol. The van der Waals surface area contributed by atoms with Crippen LogP contribution in [0.25, 0.3) is 0 Å². The van der Waals surface area contributed by atoms with E-state index < -0.39 is 0 Å². The minimum absolute atomic E-state index is 0.0190. The van der Waals surface area contributed by atoms with Gasteiger partial charge in [-0.1, -0.05) is 12.1 Å². The van der Waals surface area contributed by atoms with E-state index in [4.69, 9.17) is 9.47 Å². The largest absolute Gasteiger partial charge is 0.492 e. The smallest absolute Gasteiger partial charge is 0.260 e. The molecule has 0 spiro atoms. The van der Waals surface area contributed by atoms with Gasteiger partial charge in [-0.05, 0) is 50.1 Å². The van der Waals surface area contributed by atoms with Gasteiger partial charge in [0.25, 0.3) is 11.8 Å². The predicted molar refractivity (Wildman–Crippen MR) is 144 cm³/mol. The number of amides is 2. The third-order valence-corrected chi connectivity index (χ3v) is 6.69. The fourth-order valence-electron chi connectivity index (χ4n) is 4.70. The fraction of sp³-hybridized carbons (Fsp3) is 0.321. The summed E-state index contributed by atoms with van der Waals surface area (Å²) in [5.74, 6) is 0.899. The third-order valence-electron chi connectivity index (χ3n) is 6.69. The highest BCUT2D eigenvalue weighted by atomic mass is 16.5. The number of carbonyl (C=O) groups is 2. The molecule has 5 rings (SSSR count). The molecule has 1 atom stereocenters. The maximum absolute atomic E-state index is 13.0. The number of para-hydroxylation sites is 1. The Kier molecular flexibility index (Phi) is 6.96. The molecule has 9 heteroatoms. The number of benzene rings is 2. The van der Waals surface area contributed by atoms with Gasteiger partial charge in [0.15, 0.2) is 0 Å². The van der Waals surface area contributed by atoms with Gasteiger partial charge < -0.3 is 29.9 Å². The Balaban J connectivity index is 1.42. The second kappa shape index (κ2) is 10.5. The number of rotatable bonds is 6. The SMILES string of the molecule is CCOc1cc(C(=O)N[C@H]2CCCOC2)ccc1Nc1cc2c(cn1)N(C)C(=O)c1ccccc1N2C. The topological polar surface area (TPSA) is 96.0 Å². The van der Waals surface area contributed by atoms with Gasteiger partial charge in [0.2, 0.25) is 0 Å².